The fourth-order valence-corrected chi connectivity index (χ4v) is 4.91. The fourth-order valence-electron chi connectivity index (χ4n) is 3.23. The SMILES string of the molecule is CCOc1ccc(NC(=O)c2ccc3c(c2)S(=O)(=O)c2ccccc2C3=O)cc1. The summed E-state index contributed by atoms with van der Waals surface area (Å²) in [5.41, 5.74) is 0.904. The van der Waals surface area contributed by atoms with Gasteiger partial charge in [0.1, 0.15) is 5.75 Å². The molecule has 7 heteroatoms. The summed E-state index contributed by atoms with van der Waals surface area (Å²) in [6.45, 7) is 2.42. The van der Waals surface area contributed by atoms with Crippen LogP contribution in [0.3, 0.4) is 0 Å². The van der Waals surface area contributed by atoms with Gasteiger partial charge in [0.2, 0.25) is 9.84 Å². The van der Waals surface area contributed by atoms with Crippen molar-refractivity contribution in [1.82, 2.24) is 0 Å². The average Bonchev–Trinajstić information content (AvgIpc) is 2.73. The Balaban J connectivity index is 1.67. The zero-order chi connectivity index (χ0) is 20.6. The largest absolute Gasteiger partial charge is 0.494 e. The second-order valence-corrected chi connectivity index (χ2v) is 8.34. The van der Waals surface area contributed by atoms with E-state index in [0.717, 1.165) is 0 Å². The van der Waals surface area contributed by atoms with E-state index >= 15 is 0 Å². The zero-order valence-electron chi connectivity index (χ0n) is 15.5. The number of benzene rings is 3. The van der Waals surface area contributed by atoms with Crippen molar-refractivity contribution in [2.75, 3.05) is 11.9 Å². The molecule has 0 unspecified atom stereocenters. The number of anilines is 1. The summed E-state index contributed by atoms with van der Waals surface area (Å²) in [6.07, 6.45) is 0. The van der Waals surface area contributed by atoms with Gasteiger partial charge in [-0.05, 0) is 61.5 Å². The summed E-state index contributed by atoms with van der Waals surface area (Å²) in [5.74, 6) is -0.162. The van der Waals surface area contributed by atoms with Crippen molar-refractivity contribution in [2.45, 2.75) is 16.7 Å². The molecule has 4 rings (SSSR count). The lowest BCUT2D eigenvalue weighted by Crippen LogP contribution is -2.21. The summed E-state index contributed by atoms with van der Waals surface area (Å²) in [5, 5.41) is 2.72. The van der Waals surface area contributed by atoms with Gasteiger partial charge in [-0.25, -0.2) is 8.42 Å². The monoisotopic (exact) mass is 407 g/mol. The molecule has 0 radical (unpaired) electrons. The smallest absolute Gasteiger partial charge is 0.255 e. The maximum absolute atomic E-state index is 13.0. The highest BCUT2D eigenvalue weighted by Gasteiger charge is 2.35. The van der Waals surface area contributed by atoms with Gasteiger partial charge in [-0.1, -0.05) is 12.1 Å². The topological polar surface area (TPSA) is 89.5 Å². The van der Waals surface area contributed by atoms with Crippen LogP contribution in [-0.2, 0) is 9.84 Å². The summed E-state index contributed by atoms with van der Waals surface area (Å²) in [6, 6.07) is 17.0. The van der Waals surface area contributed by atoms with Gasteiger partial charge in [-0.2, -0.15) is 0 Å². The predicted molar refractivity (Wildman–Crippen MR) is 107 cm³/mol. The Morgan fingerprint density at radius 1 is 0.931 bits per heavy atom. The molecule has 0 spiro atoms. The van der Waals surface area contributed by atoms with E-state index in [1.807, 2.05) is 6.92 Å². The fraction of sp³-hybridized carbons (Fsp3) is 0.0909. The molecule has 0 saturated carbocycles. The van der Waals surface area contributed by atoms with Crippen molar-refractivity contribution in [1.29, 1.82) is 0 Å². The molecule has 6 nitrogen and oxygen atoms in total. The number of ether oxygens (including phenoxy) is 1. The summed E-state index contributed by atoms with van der Waals surface area (Å²) in [4.78, 5) is 25.1. The highest BCUT2D eigenvalue weighted by molar-refractivity contribution is 7.91. The standard InChI is InChI=1S/C22H17NO5S/c1-2-28-16-10-8-15(9-11-16)23-22(25)14-7-12-18-20(13-14)29(26,27)19-6-4-3-5-17(19)21(18)24/h3-13H,2H2,1H3,(H,23,25). The number of carbonyl (C=O) groups excluding carboxylic acids is 2. The Kier molecular flexibility index (Phi) is 4.68. The Morgan fingerprint density at radius 2 is 1.62 bits per heavy atom. The van der Waals surface area contributed by atoms with E-state index in [-0.39, 0.29) is 32.3 Å². The van der Waals surface area contributed by atoms with E-state index in [2.05, 4.69) is 5.32 Å². The Morgan fingerprint density at radius 3 is 2.34 bits per heavy atom. The third kappa shape index (κ3) is 3.30. The maximum Gasteiger partial charge on any atom is 0.255 e. The molecular weight excluding hydrogens is 390 g/mol. The first kappa shape index (κ1) is 18.9. The molecule has 1 heterocycles. The molecule has 1 N–H and O–H groups in total. The molecule has 3 aromatic carbocycles. The molecule has 1 aliphatic heterocycles. The first-order chi connectivity index (χ1) is 13.9. The lowest BCUT2D eigenvalue weighted by atomic mass is 10.0. The first-order valence-electron chi connectivity index (χ1n) is 8.99. The van der Waals surface area contributed by atoms with E-state index in [1.54, 1.807) is 36.4 Å². The second-order valence-electron chi connectivity index (χ2n) is 6.45. The van der Waals surface area contributed by atoms with Crippen LogP contribution in [0.2, 0.25) is 0 Å². The van der Waals surface area contributed by atoms with Crippen molar-refractivity contribution in [2.24, 2.45) is 0 Å². The molecule has 3 aromatic rings. The van der Waals surface area contributed by atoms with E-state index in [4.69, 9.17) is 4.74 Å². The van der Waals surface area contributed by atoms with Crippen LogP contribution in [0.5, 0.6) is 5.75 Å². The van der Waals surface area contributed by atoms with Crippen LogP contribution in [0.25, 0.3) is 0 Å². The molecule has 29 heavy (non-hydrogen) atoms. The molecular formula is C22H17NO5S. The van der Waals surface area contributed by atoms with Crippen molar-refractivity contribution in [3.8, 4) is 5.75 Å². The van der Waals surface area contributed by atoms with Crippen LogP contribution in [0, 0.1) is 0 Å². The number of carbonyl (C=O) groups is 2. The third-order valence-corrected chi connectivity index (χ3v) is 6.47. The predicted octanol–water partition coefficient (Wildman–Crippen LogP) is 3.71. The number of hydrogen-bond acceptors (Lipinski definition) is 5. The first-order valence-corrected chi connectivity index (χ1v) is 10.5. The number of sulfone groups is 1. The van der Waals surface area contributed by atoms with Crippen molar-refractivity contribution in [3.05, 3.63) is 83.4 Å². The van der Waals surface area contributed by atoms with E-state index < -0.39 is 15.7 Å². The van der Waals surface area contributed by atoms with Crippen LogP contribution < -0.4 is 10.1 Å². The van der Waals surface area contributed by atoms with Gasteiger partial charge in [0.15, 0.2) is 5.78 Å². The number of fused-ring (bicyclic) bond motifs is 2. The van der Waals surface area contributed by atoms with Gasteiger partial charge in [-0.15, -0.1) is 0 Å². The van der Waals surface area contributed by atoms with Crippen molar-refractivity contribution >= 4 is 27.2 Å². The minimum Gasteiger partial charge on any atom is -0.494 e. The van der Waals surface area contributed by atoms with Crippen LogP contribution in [0.1, 0.15) is 33.2 Å². The normalized spacial score (nSPS) is 13.9. The molecule has 0 saturated heterocycles. The number of ketones is 1. The number of rotatable bonds is 4. The molecule has 1 aliphatic rings. The Bertz CT molecular complexity index is 1230. The summed E-state index contributed by atoms with van der Waals surface area (Å²) in [7, 11) is -3.89. The molecule has 146 valence electrons. The highest BCUT2D eigenvalue weighted by Crippen LogP contribution is 2.34. The van der Waals surface area contributed by atoms with Gasteiger partial charge in [0.05, 0.1) is 16.4 Å². The van der Waals surface area contributed by atoms with Gasteiger partial charge < -0.3 is 10.1 Å². The molecule has 1 amide bonds. The second kappa shape index (κ2) is 7.18. The van der Waals surface area contributed by atoms with Crippen LogP contribution in [-0.4, -0.2) is 26.7 Å². The Labute approximate surface area is 168 Å². The van der Waals surface area contributed by atoms with Gasteiger partial charge >= 0.3 is 0 Å². The lowest BCUT2D eigenvalue weighted by molar-refractivity contribution is 0.101. The molecule has 0 atom stereocenters. The lowest BCUT2D eigenvalue weighted by Gasteiger charge is -2.19. The van der Waals surface area contributed by atoms with E-state index in [0.29, 0.717) is 18.0 Å². The zero-order valence-corrected chi connectivity index (χ0v) is 16.3. The quantitative estimate of drug-likeness (QED) is 0.557. The van der Waals surface area contributed by atoms with Gasteiger partial charge in [-0.3, -0.25) is 9.59 Å². The molecule has 0 bridgehead atoms. The van der Waals surface area contributed by atoms with Gasteiger partial charge in [0, 0.05) is 22.4 Å². The number of nitrogens with one attached hydrogen (secondary N) is 1. The van der Waals surface area contributed by atoms with Crippen LogP contribution >= 0.6 is 0 Å². The third-order valence-electron chi connectivity index (χ3n) is 4.62. The summed E-state index contributed by atoms with van der Waals surface area (Å²) >= 11 is 0. The molecule has 0 aliphatic carbocycles. The number of amides is 1. The molecule has 0 fully saturated rings. The van der Waals surface area contributed by atoms with E-state index in [1.165, 1.54) is 30.3 Å². The number of hydrogen-bond donors (Lipinski definition) is 1. The maximum atomic E-state index is 13.0. The van der Waals surface area contributed by atoms with Crippen LogP contribution in [0.4, 0.5) is 5.69 Å². The average molecular weight is 407 g/mol. The highest BCUT2D eigenvalue weighted by atomic mass is 32.2. The van der Waals surface area contributed by atoms with E-state index in [9.17, 15) is 18.0 Å². The van der Waals surface area contributed by atoms with Crippen molar-refractivity contribution < 1.29 is 22.7 Å². The molecule has 0 aromatic heterocycles. The van der Waals surface area contributed by atoms with Gasteiger partial charge in [0.25, 0.3) is 5.91 Å². The van der Waals surface area contributed by atoms with Crippen LogP contribution in [0.15, 0.2) is 76.5 Å². The minimum atomic E-state index is -3.89. The Hall–Kier alpha value is -3.45. The summed E-state index contributed by atoms with van der Waals surface area (Å²) < 4.78 is 31.3. The minimum absolute atomic E-state index is 0.0402. The van der Waals surface area contributed by atoms with Crippen molar-refractivity contribution in [3.63, 3.8) is 0 Å².